The highest BCUT2D eigenvalue weighted by molar-refractivity contribution is 4.63. The van der Waals surface area contributed by atoms with E-state index in [0.29, 0.717) is 0 Å². The maximum absolute atomic E-state index is 5.01. The van der Waals surface area contributed by atoms with E-state index >= 15 is 0 Å². The van der Waals surface area contributed by atoms with Crippen LogP contribution < -0.4 is 21.3 Å². The molecule has 0 amide bonds. The monoisotopic (exact) mass is 342 g/mol. The summed E-state index contributed by atoms with van der Waals surface area (Å²) in [4.78, 5) is 0. The van der Waals surface area contributed by atoms with Crippen molar-refractivity contribution >= 4 is 0 Å². The van der Waals surface area contributed by atoms with E-state index in [4.69, 9.17) is 4.74 Å². The summed E-state index contributed by atoms with van der Waals surface area (Å²) in [5.74, 6) is 0.973. The minimum Gasteiger partial charge on any atom is -0.379 e. The van der Waals surface area contributed by atoms with Gasteiger partial charge in [-0.1, -0.05) is 13.3 Å². The number of nitrogens with one attached hydrogen (secondary N) is 4. The van der Waals surface area contributed by atoms with Crippen molar-refractivity contribution in [2.45, 2.75) is 51.9 Å². The van der Waals surface area contributed by atoms with Gasteiger partial charge < -0.3 is 26.0 Å². The van der Waals surface area contributed by atoms with Crippen molar-refractivity contribution in [1.82, 2.24) is 21.3 Å². The molecule has 0 spiro atoms. The molecule has 24 heavy (non-hydrogen) atoms. The topological polar surface area (TPSA) is 57.4 Å². The lowest BCUT2D eigenvalue weighted by Crippen LogP contribution is -2.30. The van der Waals surface area contributed by atoms with Gasteiger partial charge in [-0.05, 0) is 83.7 Å². The molecule has 0 saturated carbocycles. The summed E-state index contributed by atoms with van der Waals surface area (Å²) < 4.78 is 5.01. The molecule has 4 saturated heterocycles. The lowest BCUT2D eigenvalue weighted by atomic mass is 10.0. The first-order valence-electron chi connectivity index (χ1n) is 10.3. The summed E-state index contributed by atoms with van der Waals surface area (Å²) in [7, 11) is 0. The van der Waals surface area contributed by atoms with Gasteiger partial charge in [0, 0.05) is 13.1 Å². The van der Waals surface area contributed by atoms with Crippen LogP contribution in [-0.4, -0.2) is 65.6 Å². The fourth-order valence-corrected chi connectivity index (χ4v) is 2.91. The zero-order valence-electron chi connectivity index (χ0n) is 16.0. The molecule has 0 atom stereocenters. The van der Waals surface area contributed by atoms with Gasteiger partial charge in [0.05, 0.1) is 13.2 Å². The van der Waals surface area contributed by atoms with Crippen LogP contribution in [0.1, 0.15) is 51.9 Å². The summed E-state index contributed by atoms with van der Waals surface area (Å²) >= 11 is 0. The molecule has 0 aliphatic carbocycles. The van der Waals surface area contributed by atoms with Crippen LogP contribution in [0.15, 0.2) is 0 Å². The Labute approximate surface area is 150 Å². The van der Waals surface area contributed by atoms with E-state index in [0.717, 1.165) is 32.2 Å². The van der Waals surface area contributed by atoms with E-state index in [9.17, 15) is 0 Å². The Hall–Kier alpha value is -0.200. The van der Waals surface area contributed by atoms with Crippen LogP contribution in [0.25, 0.3) is 0 Å². The van der Waals surface area contributed by atoms with Gasteiger partial charge >= 0.3 is 0 Å². The molecule has 4 rings (SSSR count). The molecule has 4 aliphatic heterocycles. The molecular formula is C19H42N4O. The van der Waals surface area contributed by atoms with Crippen molar-refractivity contribution in [3.05, 3.63) is 0 Å². The summed E-state index contributed by atoms with van der Waals surface area (Å²) in [6.07, 6.45) is 9.74. The predicted octanol–water partition coefficient (Wildman–Crippen LogP) is 1.74. The molecular weight excluding hydrogens is 300 g/mol. The normalized spacial score (nSPS) is 24.4. The highest BCUT2D eigenvalue weighted by atomic mass is 16.5. The third-order valence-corrected chi connectivity index (χ3v) is 4.64. The smallest absolute Gasteiger partial charge is 0.0591 e. The predicted molar refractivity (Wildman–Crippen MR) is 104 cm³/mol. The Morgan fingerprint density at radius 2 is 0.958 bits per heavy atom. The number of piperidine rings is 2. The average molecular weight is 343 g/mol. The maximum Gasteiger partial charge on any atom is 0.0591 e. The second-order valence-electron chi connectivity index (χ2n) is 7.06. The Bertz CT molecular complexity index is 193. The van der Waals surface area contributed by atoms with Crippen molar-refractivity contribution in [1.29, 1.82) is 0 Å². The number of hydrogen-bond donors (Lipinski definition) is 4. The van der Waals surface area contributed by atoms with Gasteiger partial charge in [0.2, 0.25) is 0 Å². The molecule has 4 fully saturated rings. The SMILES string of the molecule is C1CCNC1.C1CCNCC1.C1COCCN1.CC1CCNCC1. The third kappa shape index (κ3) is 15.3. The summed E-state index contributed by atoms with van der Waals surface area (Å²) in [5.41, 5.74) is 0. The molecule has 0 aromatic carbocycles. The molecule has 0 bridgehead atoms. The standard InChI is InChI=1S/C6H13N.C5H11N.C4H9NO.C4H9N/c1-6-2-4-7-5-3-6;1-2-4-6-5-3-1;1-3-6-4-2-5-1;1-2-4-5-3-1/h6-7H,2-5H2,1H3;6H,1-5H2;5H,1-4H2;5H,1-4H2. The van der Waals surface area contributed by atoms with Gasteiger partial charge in [-0.3, -0.25) is 0 Å². The zero-order chi connectivity index (χ0) is 17.1. The Morgan fingerprint density at radius 1 is 0.542 bits per heavy atom. The summed E-state index contributed by atoms with van der Waals surface area (Å²) in [5, 5.41) is 13.0. The van der Waals surface area contributed by atoms with Crippen molar-refractivity contribution in [3.8, 4) is 0 Å². The van der Waals surface area contributed by atoms with Crippen molar-refractivity contribution in [2.24, 2.45) is 5.92 Å². The van der Waals surface area contributed by atoms with Gasteiger partial charge in [0.15, 0.2) is 0 Å². The molecule has 144 valence electrons. The van der Waals surface area contributed by atoms with E-state index in [1.807, 2.05) is 0 Å². The van der Waals surface area contributed by atoms with Gasteiger partial charge in [0.1, 0.15) is 0 Å². The molecule has 4 aliphatic rings. The quantitative estimate of drug-likeness (QED) is 0.540. The van der Waals surface area contributed by atoms with Gasteiger partial charge in [0.25, 0.3) is 0 Å². The van der Waals surface area contributed by atoms with Crippen LogP contribution in [0.5, 0.6) is 0 Å². The molecule has 5 heteroatoms. The van der Waals surface area contributed by atoms with Gasteiger partial charge in [-0.15, -0.1) is 0 Å². The second-order valence-corrected chi connectivity index (χ2v) is 7.06. The number of rotatable bonds is 0. The molecule has 4 N–H and O–H groups in total. The van der Waals surface area contributed by atoms with Crippen molar-refractivity contribution in [3.63, 3.8) is 0 Å². The third-order valence-electron chi connectivity index (χ3n) is 4.64. The Balaban J connectivity index is 0.000000161. The highest BCUT2D eigenvalue weighted by Gasteiger charge is 2.05. The molecule has 0 aromatic rings. The van der Waals surface area contributed by atoms with Crippen LogP contribution in [0.4, 0.5) is 0 Å². The van der Waals surface area contributed by atoms with Crippen molar-refractivity contribution in [2.75, 3.05) is 65.6 Å². The van der Waals surface area contributed by atoms with E-state index in [-0.39, 0.29) is 0 Å². The molecule has 5 nitrogen and oxygen atoms in total. The largest absolute Gasteiger partial charge is 0.379 e. The first-order valence-corrected chi connectivity index (χ1v) is 10.3. The number of morpholine rings is 1. The lowest BCUT2D eigenvalue weighted by Gasteiger charge is -2.17. The lowest BCUT2D eigenvalue weighted by molar-refractivity contribution is 0.109. The van der Waals surface area contributed by atoms with E-state index in [2.05, 4.69) is 28.2 Å². The molecule has 0 unspecified atom stereocenters. The molecule has 4 heterocycles. The fraction of sp³-hybridized carbons (Fsp3) is 1.00. The van der Waals surface area contributed by atoms with Crippen LogP contribution >= 0.6 is 0 Å². The number of hydrogen-bond acceptors (Lipinski definition) is 5. The average Bonchev–Trinajstić information content (AvgIpc) is 3.26. The van der Waals surface area contributed by atoms with Crippen LogP contribution in [0, 0.1) is 5.92 Å². The minimum absolute atomic E-state index is 0.889. The first kappa shape index (κ1) is 21.8. The van der Waals surface area contributed by atoms with E-state index in [1.54, 1.807) is 0 Å². The van der Waals surface area contributed by atoms with Crippen LogP contribution in [0.2, 0.25) is 0 Å². The number of ether oxygens (including phenoxy) is 1. The second kappa shape index (κ2) is 17.6. The van der Waals surface area contributed by atoms with Crippen molar-refractivity contribution < 1.29 is 4.74 Å². The summed E-state index contributed by atoms with van der Waals surface area (Å²) in [6, 6.07) is 0. The highest BCUT2D eigenvalue weighted by Crippen LogP contribution is 2.08. The van der Waals surface area contributed by atoms with Gasteiger partial charge in [-0.2, -0.15) is 0 Å². The van der Waals surface area contributed by atoms with E-state index in [1.165, 1.54) is 84.2 Å². The minimum atomic E-state index is 0.889. The first-order chi connectivity index (χ1) is 11.9. The fourth-order valence-electron chi connectivity index (χ4n) is 2.91. The van der Waals surface area contributed by atoms with Crippen LogP contribution in [-0.2, 0) is 4.74 Å². The van der Waals surface area contributed by atoms with Crippen LogP contribution in [0.3, 0.4) is 0 Å². The molecule has 0 radical (unpaired) electrons. The maximum atomic E-state index is 5.01. The Morgan fingerprint density at radius 3 is 1.17 bits per heavy atom. The zero-order valence-corrected chi connectivity index (χ0v) is 16.0. The Kier molecular flexibility index (Phi) is 16.0. The van der Waals surface area contributed by atoms with Gasteiger partial charge in [-0.25, -0.2) is 0 Å². The summed E-state index contributed by atoms with van der Waals surface area (Å²) in [6.45, 7) is 13.6. The van der Waals surface area contributed by atoms with E-state index < -0.39 is 0 Å². The molecule has 0 aromatic heterocycles.